The van der Waals surface area contributed by atoms with E-state index < -0.39 is 11.9 Å². The number of carbonyl (C=O) groups excluding carboxylic acids is 1. The zero-order valence-corrected chi connectivity index (χ0v) is 12.2. The van der Waals surface area contributed by atoms with Gasteiger partial charge in [-0.3, -0.25) is 4.79 Å². The summed E-state index contributed by atoms with van der Waals surface area (Å²) in [6, 6.07) is 6.94. The van der Waals surface area contributed by atoms with E-state index in [0.717, 1.165) is 19.4 Å². The zero-order chi connectivity index (χ0) is 14.8. The molecule has 1 rings (SSSR count). The SMILES string of the molecule is CCCNC(COc1ccccc1OCCC)C(N)=O. The fourth-order valence-corrected chi connectivity index (χ4v) is 1.63. The van der Waals surface area contributed by atoms with Crippen LogP contribution in [-0.4, -0.2) is 31.7 Å². The number of benzene rings is 1. The highest BCUT2D eigenvalue weighted by molar-refractivity contribution is 5.80. The average molecular weight is 280 g/mol. The van der Waals surface area contributed by atoms with E-state index in [9.17, 15) is 4.79 Å². The minimum Gasteiger partial charge on any atom is -0.490 e. The fourth-order valence-electron chi connectivity index (χ4n) is 1.63. The number of para-hydroxylation sites is 2. The first-order valence-corrected chi connectivity index (χ1v) is 7.06. The van der Waals surface area contributed by atoms with E-state index in [4.69, 9.17) is 15.2 Å². The standard InChI is InChI=1S/C15H24N2O3/c1-3-9-17-12(15(16)18)11-20-14-8-6-5-7-13(14)19-10-4-2/h5-8,12,17H,3-4,9-11H2,1-2H3,(H2,16,18). The predicted molar refractivity (Wildman–Crippen MR) is 79.0 cm³/mol. The molecule has 5 heteroatoms. The second kappa shape index (κ2) is 9.20. The van der Waals surface area contributed by atoms with E-state index in [1.807, 2.05) is 38.1 Å². The van der Waals surface area contributed by atoms with Gasteiger partial charge in [-0.1, -0.05) is 26.0 Å². The second-order valence-electron chi connectivity index (χ2n) is 4.52. The van der Waals surface area contributed by atoms with Crippen LogP contribution in [-0.2, 0) is 4.79 Å². The van der Waals surface area contributed by atoms with Crippen molar-refractivity contribution in [3.63, 3.8) is 0 Å². The number of nitrogens with one attached hydrogen (secondary N) is 1. The molecule has 1 amide bonds. The summed E-state index contributed by atoms with van der Waals surface area (Å²) in [6.45, 7) is 5.63. The predicted octanol–water partition coefficient (Wildman–Crippen LogP) is 1.71. The highest BCUT2D eigenvalue weighted by Crippen LogP contribution is 2.26. The highest BCUT2D eigenvalue weighted by Gasteiger charge is 2.16. The lowest BCUT2D eigenvalue weighted by Crippen LogP contribution is -2.45. The van der Waals surface area contributed by atoms with Crippen molar-refractivity contribution in [3.05, 3.63) is 24.3 Å². The van der Waals surface area contributed by atoms with Crippen LogP contribution in [0.2, 0.25) is 0 Å². The average Bonchev–Trinajstić information content (AvgIpc) is 2.45. The highest BCUT2D eigenvalue weighted by atomic mass is 16.5. The van der Waals surface area contributed by atoms with Crippen molar-refractivity contribution < 1.29 is 14.3 Å². The van der Waals surface area contributed by atoms with Crippen molar-refractivity contribution >= 4 is 5.91 Å². The molecule has 20 heavy (non-hydrogen) atoms. The second-order valence-corrected chi connectivity index (χ2v) is 4.52. The molecule has 3 N–H and O–H groups in total. The number of amides is 1. The van der Waals surface area contributed by atoms with Crippen LogP contribution in [0.4, 0.5) is 0 Å². The van der Waals surface area contributed by atoms with Crippen molar-refractivity contribution in [2.24, 2.45) is 5.73 Å². The summed E-state index contributed by atoms with van der Waals surface area (Å²) in [5.74, 6) is 0.906. The Morgan fingerprint density at radius 3 is 2.40 bits per heavy atom. The molecule has 0 saturated carbocycles. The summed E-state index contributed by atoms with van der Waals surface area (Å²) in [5.41, 5.74) is 5.35. The Labute approximate surface area is 120 Å². The maximum atomic E-state index is 11.3. The Balaban J connectivity index is 2.60. The van der Waals surface area contributed by atoms with Gasteiger partial charge in [-0.05, 0) is 31.5 Å². The number of rotatable bonds is 10. The van der Waals surface area contributed by atoms with Gasteiger partial charge in [0.1, 0.15) is 12.6 Å². The largest absolute Gasteiger partial charge is 0.490 e. The van der Waals surface area contributed by atoms with E-state index in [2.05, 4.69) is 5.32 Å². The van der Waals surface area contributed by atoms with Gasteiger partial charge < -0.3 is 20.5 Å². The van der Waals surface area contributed by atoms with E-state index in [-0.39, 0.29) is 6.61 Å². The number of nitrogens with two attached hydrogens (primary N) is 1. The Morgan fingerprint density at radius 2 is 1.85 bits per heavy atom. The Morgan fingerprint density at radius 1 is 1.20 bits per heavy atom. The quantitative estimate of drug-likeness (QED) is 0.684. The van der Waals surface area contributed by atoms with Gasteiger partial charge in [-0.25, -0.2) is 0 Å². The Kier molecular flexibility index (Phi) is 7.50. The van der Waals surface area contributed by atoms with Crippen molar-refractivity contribution in [1.82, 2.24) is 5.32 Å². The molecule has 0 saturated heterocycles. The summed E-state index contributed by atoms with van der Waals surface area (Å²) in [5, 5.41) is 3.06. The molecular formula is C15H24N2O3. The van der Waals surface area contributed by atoms with E-state index in [1.54, 1.807) is 0 Å². The van der Waals surface area contributed by atoms with Gasteiger partial charge in [0.05, 0.1) is 6.61 Å². The molecule has 1 unspecified atom stereocenters. The van der Waals surface area contributed by atoms with Crippen LogP contribution in [0.5, 0.6) is 11.5 Å². The topological polar surface area (TPSA) is 73.6 Å². The van der Waals surface area contributed by atoms with Gasteiger partial charge in [-0.15, -0.1) is 0 Å². The lowest BCUT2D eigenvalue weighted by atomic mass is 10.2. The first-order valence-electron chi connectivity index (χ1n) is 7.06. The van der Waals surface area contributed by atoms with Crippen LogP contribution in [0.15, 0.2) is 24.3 Å². The summed E-state index contributed by atoms with van der Waals surface area (Å²) in [6.07, 6.45) is 1.86. The number of primary amides is 1. The molecular weight excluding hydrogens is 256 g/mol. The molecule has 0 heterocycles. The summed E-state index contributed by atoms with van der Waals surface area (Å²) in [7, 11) is 0. The third-order valence-corrected chi connectivity index (χ3v) is 2.70. The van der Waals surface area contributed by atoms with Crippen molar-refractivity contribution in [2.75, 3.05) is 19.8 Å². The van der Waals surface area contributed by atoms with Gasteiger partial charge in [0.2, 0.25) is 5.91 Å². The van der Waals surface area contributed by atoms with E-state index in [0.29, 0.717) is 18.1 Å². The van der Waals surface area contributed by atoms with Crippen LogP contribution in [0.1, 0.15) is 26.7 Å². The summed E-state index contributed by atoms with van der Waals surface area (Å²) < 4.78 is 11.3. The van der Waals surface area contributed by atoms with Gasteiger partial charge >= 0.3 is 0 Å². The van der Waals surface area contributed by atoms with Crippen LogP contribution < -0.4 is 20.5 Å². The molecule has 112 valence electrons. The van der Waals surface area contributed by atoms with Crippen molar-refractivity contribution in [3.8, 4) is 11.5 Å². The van der Waals surface area contributed by atoms with Gasteiger partial charge in [0.25, 0.3) is 0 Å². The van der Waals surface area contributed by atoms with Crippen LogP contribution >= 0.6 is 0 Å². The zero-order valence-electron chi connectivity index (χ0n) is 12.2. The first kappa shape index (κ1) is 16.3. The molecule has 1 aromatic carbocycles. The van der Waals surface area contributed by atoms with Gasteiger partial charge in [0, 0.05) is 0 Å². The molecule has 1 aromatic rings. The lowest BCUT2D eigenvalue weighted by Gasteiger charge is -2.17. The molecule has 0 radical (unpaired) electrons. The number of hydrogen-bond donors (Lipinski definition) is 2. The molecule has 0 fully saturated rings. The molecule has 1 atom stereocenters. The minimum absolute atomic E-state index is 0.196. The molecule has 5 nitrogen and oxygen atoms in total. The monoisotopic (exact) mass is 280 g/mol. The smallest absolute Gasteiger partial charge is 0.238 e. The summed E-state index contributed by atoms with van der Waals surface area (Å²) in [4.78, 5) is 11.3. The van der Waals surface area contributed by atoms with Gasteiger partial charge in [0.15, 0.2) is 11.5 Å². The maximum Gasteiger partial charge on any atom is 0.238 e. The van der Waals surface area contributed by atoms with Crippen LogP contribution in [0, 0.1) is 0 Å². The molecule has 0 aliphatic heterocycles. The maximum absolute atomic E-state index is 11.3. The van der Waals surface area contributed by atoms with E-state index >= 15 is 0 Å². The lowest BCUT2D eigenvalue weighted by molar-refractivity contribution is -0.120. The van der Waals surface area contributed by atoms with Gasteiger partial charge in [-0.2, -0.15) is 0 Å². The molecule has 0 spiro atoms. The molecule has 0 bridgehead atoms. The minimum atomic E-state index is -0.491. The summed E-state index contributed by atoms with van der Waals surface area (Å²) >= 11 is 0. The molecule has 0 aliphatic rings. The third-order valence-electron chi connectivity index (χ3n) is 2.70. The number of ether oxygens (including phenoxy) is 2. The molecule has 0 aliphatic carbocycles. The molecule has 0 aromatic heterocycles. The Bertz CT molecular complexity index is 410. The van der Waals surface area contributed by atoms with Crippen LogP contribution in [0.3, 0.4) is 0 Å². The first-order chi connectivity index (χ1) is 9.69. The number of hydrogen-bond acceptors (Lipinski definition) is 4. The number of carbonyl (C=O) groups is 1. The van der Waals surface area contributed by atoms with E-state index in [1.165, 1.54) is 0 Å². The fraction of sp³-hybridized carbons (Fsp3) is 0.533. The third kappa shape index (κ3) is 5.48. The Hall–Kier alpha value is -1.75. The van der Waals surface area contributed by atoms with Crippen molar-refractivity contribution in [1.29, 1.82) is 0 Å². The normalized spacial score (nSPS) is 11.9. The van der Waals surface area contributed by atoms with Crippen LogP contribution in [0.25, 0.3) is 0 Å². The van der Waals surface area contributed by atoms with Crippen molar-refractivity contribution in [2.45, 2.75) is 32.7 Å².